The van der Waals surface area contributed by atoms with Crippen molar-refractivity contribution < 1.29 is 14.6 Å². The van der Waals surface area contributed by atoms with E-state index in [1.807, 2.05) is 36.9 Å². The number of benzene rings is 1. The van der Waals surface area contributed by atoms with E-state index >= 15 is 0 Å². The van der Waals surface area contributed by atoms with Crippen LogP contribution >= 0.6 is 11.3 Å². The number of aliphatic hydroxyl groups excluding tert-OH is 1. The number of amides is 1. The molecule has 1 unspecified atom stereocenters. The van der Waals surface area contributed by atoms with Crippen LogP contribution in [0.4, 0.5) is 5.00 Å². The Bertz CT molecular complexity index is 994. The van der Waals surface area contributed by atoms with E-state index in [0.29, 0.717) is 18.3 Å². The summed E-state index contributed by atoms with van der Waals surface area (Å²) in [7, 11) is 0. The fourth-order valence-electron chi connectivity index (χ4n) is 5.08. The molecule has 5 heteroatoms. The number of anilines is 1. The summed E-state index contributed by atoms with van der Waals surface area (Å²) in [5.41, 5.74) is 2.21. The van der Waals surface area contributed by atoms with E-state index in [0.717, 1.165) is 46.7 Å². The van der Waals surface area contributed by atoms with Crippen LogP contribution in [0, 0.1) is 17.3 Å². The highest BCUT2D eigenvalue weighted by Gasteiger charge is 2.41. The van der Waals surface area contributed by atoms with Crippen molar-refractivity contribution in [3.8, 4) is 10.4 Å². The lowest BCUT2D eigenvalue weighted by Gasteiger charge is -2.40. The van der Waals surface area contributed by atoms with Gasteiger partial charge < -0.3 is 9.84 Å². The first kappa shape index (κ1) is 22.9. The lowest BCUT2D eigenvalue weighted by Crippen LogP contribution is -2.46. The number of carbonyl (C=O) groups excluding carboxylic acids is 1. The summed E-state index contributed by atoms with van der Waals surface area (Å²) in [4.78, 5) is 16.7. The summed E-state index contributed by atoms with van der Waals surface area (Å²) in [6.07, 6.45) is 4.00. The van der Waals surface area contributed by atoms with Crippen LogP contribution in [0.1, 0.15) is 65.9 Å². The molecule has 2 aliphatic rings. The fraction of sp³-hybridized carbons (Fsp3) is 0.519. The Hall–Kier alpha value is -2.27. The first-order valence-electron chi connectivity index (χ1n) is 11.8. The fourth-order valence-corrected chi connectivity index (χ4v) is 6.33. The number of hydrogen-bond donors (Lipinski definition) is 1. The predicted molar refractivity (Wildman–Crippen MR) is 133 cm³/mol. The SMILES string of the molecule is CCOC1=C(O)C(C)N(C(=O)C2CCC(C(C)(C)C)CC2)c2sc(-c3ccccc3)cc21. The highest BCUT2D eigenvalue weighted by Crippen LogP contribution is 2.48. The zero-order valence-electron chi connectivity index (χ0n) is 19.9. The molecule has 0 bridgehead atoms. The molecule has 1 aromatic carbocycles. The van der Waals surface area contributed by atoms with Crippen molar-refractivity contribution in [2.75, 3.05) is 11.5 Å². The average molecular weight is 454 g/mol. The molecule has 1 atom stereocenters. The lowest BCUT2D eigenvalue weighted by atomic mass is 9.69. The van der Waals surface area contributed by atoms with Crippen molar-refractivity contribution >= 4 is 28.0 Å². The topological polar surface area (TPSA) is 49.8 Å². The summed E-state index contributed by atoms with van der Waals surface area (Å²) in [6, 6.07) is 11.8. The zero-order chi connectivity index (χ0) is 23.0. The van der Waals surface area contributed by atoms with Gasteiger partial charge in [-0.05, 0) is 62.5 Å². The van der Waals surface area contributed by atoms with E-state index in [2.05, 4.69) is 39.0 Å². The van der Waals surface area contributed by atoms with Crippen molar-refractivity contribution in [2.45, 2.75) is 66.3 Å². The smallest absolute Gasteiger partial charge is 0.231 e. The Morgan fingerprint density at radius 2 is 1.81 bits per heavy atom. The first-order chi connectivity index (χ1) is 15.2. The molecule has 1 aliphatic carbocycles. The summed E-state index contributed by atoms with van der Waals surface area (Å²) >= 11 is 1.61. The molecule has 0 radical (unpaired) electrons. The van der Waals surface area contributed by atoms with E-state index in [1.165, 1.54) is 0 Å². The maximum Gasteiger partial charge on any atom is 0.231 e. The molecule has 4 nitrogen and oxygen atoms in total. The predicted octanol–water partition coefficient (Wildman–Crippen LogP) is 7.27. The van der Waals surface area contributed by atoms with Gasteiger partial charge in [0.25, 0.3) is 0 Å². The molecule has 1 amide bonds. The van der Waals surface area contributed by atoms with Crippen LogP contribution in [-0.2, 0) is 9.53 Å². The van der Waals surface area contributed by atoms with Crippen LogP contribution in [0.25, 0.3) is 16.2 Å². The Kier molecular flexibility index (Phi) is 6.39. The average Bonchev–Trinajstić information content (AvgIpc) is 3.21. The van der Waals surface area contributed by atoms with E-state index in [4.69, 9.17) is 4.74 Å². The minimum atomic E-state index is -0.431. The van der Waals surface area contributed by atoms with Gasteiger partial charge in [-0.25, -0.2) is 0 Å². The van der Waals surface area contributed by atoms with Gasteiger partial charge in [0.2, 0.25) is 5.91 Å². The lowest BCUT2D eigenvalue weighted by molar-refractivity contribution is -0.124. The van der Waals surface area contributed by atoms with Gasteiger partial charge in [0, 0.05) is 10.8 Å². The molecule has 1 N–H and O–H groups in total. The Labute approximate surface area is 195 Å². The van der Waals surface area contributed by atoms with Crippen LogP contribution in [0.5, 0.6) is 0 Å². The van der Waals surface area contributed by atoms with Gasteiger partial charge >= 0.3 is 0 Å². The van der Waals surface area contributed by atoms with Crippen molar-refractivity contribution in [1.29, 1.82) is 0 Å². The summed E-state index contributed by atoms with van der Waals surface area (Å²) < 4.78 is 5.86. The number of fused-ring (bicyclic) bond motifs is 1. The summed E-state index contributed by atoms with van der Waals surface area (Å²) in [5.74, 6) is 1.45. The van der Waals surface area contributed by atoms with Gasteiger partial charge in [-0.15, -0.1) is 11.3 Å². The van der Waals surface area contributed by atoms with Gasteiger partial charge in [0.05, 0.1) is 18.2 Å². The van der Waals surface area contributed by atoms with Crippen LogP contribution in [-0.4, -0.2) is 23.7 Å². The molecule has 1 aliphatic heterocycles. The minimum absolute atomic E-state index is 0.00705. The standard InChI is InChI=1S/C27H35NO3S/c1-6-31-24-21-16-22(18-10-8-7-9-11-18)32-26(21)28(17(2)23(24)29)25(30)19-12-14-20(15-13-19)27(3,4)5/h7-11,16-17,19-20,29H,6,12-15H2,1-5H3. The van der Waals surface area contributed by atoms with Crippen molar-refractivity contribution in [3.05, 3.63) is 47.7 Å². The molecule has 1 fully saturated rings. The number of thiophene rings is 1. The summed E-state index contributed by atoms with van der Waals surface area (Å²) in [5, 5.41) is 11.9. The third kappa shape index (κ3) is 4.19. The van der Waals surface area contributed by atoms with Gasteiger partial charge in [-0.1, -0.05) is 51.1 Å². The molecule has 172 valence electrons. The number of ether oxygens (including phenoxy) is 1. The number of rotatable bonds is 4. The second-order valence-corrected chi connectivity index (χ2v) is 11.2. The van der Waals surface area contributed by atoms with Gasteiger partial charge in [0.1, 0.15) is 5.00 Å². The highest BCUT2D eigenvalue weighted by atomic mass is 32.1. The van der Waals surface area contributed by atoms with Crippen LogP contribution in [0.3, 0.4) is 0 Å². The molecule has 2 aromatic rings. The molecule has 0 saturated heterocycles. The van der Waals surface area contributed by atoms with Crippen LogP contribution in [0.2, 0.25) is 0 Å². The molecule has 0 spiro atoms. The third-order valence-electron chi connectivity index (χ3n) is 7.08. The number of nitrogens with zero attached hydrogens (tertiary/aromatic N) is 1. The van der Waals surface area contributed by atoms with E-state index < -0.39 is 6.04 Å². The van der Waals surface area contributed by atoms with Gasteiger partial charge in [-0.3, -0.25) is 9.69 Å². The second-order valence-electron chi connectivity index (χ2n) is 10.1. The maximum absolute atomic E-state index is 13.8. The quantitative estimate of drug-likeness (QED) is 0.530. The molecular weight excluding hydrogens is 418 g/mol. The maximum atomic E-state index is 13.8. The molecule has 4 rings (SSSR count). The highest BCUT2D eigenvalue weighted by molar-refractivity contribution is 7.20. The Morgan fingerprint density at radius 3 is 2.41 bits per heavy atom. The molecule has 32 heavy (non-hydrogen) atoms. The van der Waals surface area contributed by atoms with Crippen molar-refractivity contribution in [1.82, 2.24) is 0 Å². The molecule has 2 heterocycles. The van der Waals surface area contributed by atoms with E-state index in [9.17, 15) is 9.90 Å². The molecule has 1 saturated carbocycles. The van der Waals surface area contributed by atoms with Crippen molar-refractivity contribution in [2.24, 2.45) is 17.3 Å². The first-order valence-corrected chi connectivity index (χ1v) is 12.6. The molecule has 1 aromatic heterocycles. The van der Waals surface area contributed by atoms with Crippen molar-refractivity contribution in [3.63, 3.8) is 0 Å². The number of carbonyl (C=O) groups is 1. The van der Waals surface area contributed by atoms with Gasteiger partial charge in [-0.2, -0.15) is 0 Å². The Morgan fingerprint density at radius 1 is 1.16 bits per heavy atom. The van der Waals surface area contributed by atoms with E-state index in [1.54, 1.807) is 11.3 Å². The largest absolute Gasteiger partial charge is 0.506 e. The number of aliphatic hydroxyl groups is 1. The van der Waals surface area contributed by atoms with Crippen LogP contribution in [0.15, 0.2) is 42.2 Å². The van der Waals surface area contributed by atoms with E-state index in [-0.39, 0.29) is 23.0 Å². The summed E-state index contributed by atoms with van der Waals surface area (Å²) in [6.45, 7) is 11.2. The normalized spacial score (nSPS) is 23.8. The van der Waals surface area contributed by atoms with Crippen LogP contribution < -0.4 is 4.90 Å². The molecular formula is C27H35NO3S. The Balaban J connectivity index is 1.68. The third-order valence-corrected chi connectivity index (χ3v) is 8.26. The monoisotopic (exact) mass is 453 g/mol. The van der Waals surface area contributed by atoms with Gasteiger partial charge in [0.15, 0.2) is 11.5 Å². The number of hydrogen-bond acceptors (Lipinski definition) is 4. The second kappa shape index (κ2) is 8.93. The minimum Gasteiger partial charge on any atom is -0.506 e. The zero-order valence-corrected chi connectivity index (χ0v) is 20.7.